The van der Waals surface area contributed by atoms with Crippen LogP contribution < -0.4 is 5.30 Å². The van der Waals surface area contributed by atoms with E-state index in [2.05, 4.69) is 20.3 Å². The molecule has 1 fully saturated rings. The van der Waals surface area contributed by atoms with E-state index in [0.29, 0.717) is 9.90 Å². The third-order valence-corrected chi connectivity index (χ3v) is 8.86. The molecule has 4 rings (SSSR count). The molecule has 0 unspecified atom stereocenters. The number of halogens is 3. The molecule has 2 heterocycles. The fraction of sp³-hybridized carbons (Fsp3) is 0.414. The Morgan fingerprint density at radius 1 is 1.08 bits per heavy atom. The summed E-state index contributed by atoms with van der Waals surface area (Å²) >= 11 is 12.9. The van der Waals surface area contributed by atoms with Gasteiger partial charge < -0.3 is 9.84 Å². The van der Waals surface area contributed by atoms with E-state index in [1.165, 1.54) is 48.0 Å². The van der Waals surface area contributed by atoms with Gasteiger partial charge in [-0.1, -0.05) is 76.5 Å². The van der Waals surface area contributed by atoms with Crippen molar-refractivity contribution in [1.82, 2.24) is 0 Å². The normalized spacial score (nSPS) is 12.9. The monoisotopic (exact) mass is 586 g/mol. The standard InChI is InChI=1S/C12H9FO2S.C8H9Cl2P.C7H14O.C2H6/c1-7-6-10(16-11(7)12(14)15)8-2-4-9(13)5-3-8;1-11(2)8-4-3-6(9)5-7(8)10;1-2-7-3-5-8-6-4-7;1-2/h2-6H,1H3,(H,14,15);3-5H,1-2H3;7H,2-6H2,1H3;1-2H3. The van der Waals surface area contributed by atoms with Gasteiger partial charge in [0.15, 0.2) is 0 Å². The number of hydrogen-bond donors (Lipinski definition) is 1. The van der Waals surface area contributed by atoms with Crippen LogP contribution in [0.25, 0.3) is 10.4 Å². The highest BCUT2D eigenvalue weighted by Crippen LogP contribution is 2.31. The predicted octanol–water partition coefficient (Wildman–Crippen LogP) is 9.77. The average Bonchev–Trinajstić information content (AvgIpc) is 3.28. The lowest BCUT2D eigenvalue weighted by molar-refractivity contribution is 0.0653. The molecule has 1 saturated heterocycles. The maximum Gasteiger partial charge on any atom is 0.346 e. The minimum Gasteiger partial charge on any atom is -0.477 e. The predicted molar refractivity (Wildman–Crippen MR) is 161 cm³/mol. The third-order valence-electron chi connectivity index (χ3n) is 5.55. The molecule has 2 aromatic carbocycles. The first-order chi connectivity index (χ1) is 17.6. The number of carboxylic acid groups (broad SMARTS) is 1. The van der Waals surface area contributed by atoms with E-state index in [1.807, 2.05) is 26.0 Å². The van der Waals surface area contributed by atoms with Crippen molar-refractivity contribution < 1.29 is 19.0 Å². The fourth-order valence-corrected chi connectivity index (χ4v) is 6.25. The quantitative estimate of drug-likeness (QED) is 0.309. The zero-order chi connectivity index (χ0) is 28.0. The number of benzene rings is 2. The Labute approximate surface area is 236 Å². The lowest BCUT2D eigenvalue weighted by Crippen LogP contribution is -2.14. The van der Waals surface area contributed by atoms with Crippen LogP contribution in [0.2, 0.25) is 10.0 Å². The SMILES string of the molecule is CC.CCC1CCOCC1.CP(C)c1ccc(Cl)cc1Cl.Cc1cc(-c2ccc(F)cc2)sc1C(=O)O. The number of ether oxygens (including phenoxy) is 1. The Kier molecular flexibility index (Phi) is 16.2. The molecule has 0 saturated carbocycles. The molecular formula is C29H38Cl2FO3PS. The second kappa shape index (κ2) is 17.9. The van der Waals surface area contributed by atoms with Gasteiger partial charge in [-0.15, -0.1) is 11.3 Å². The minimum atomic E-state index is -0.920. The number of aromatic carboxylic acids is 1. The number of rotatable bonds is 4. The molecule has 0 aliphatic carbocycles. The van der Waals surface area contributed by atoms with Gasteiger partial charge >= 0.3 is 5.97 Å². The largest absolute Gasteiger partial charge is 0.477 e. The van der Waals surface area contributed by atoms with Gasteiger partial charge in [0.05, 0.1) is 0 Å². The molecule has 1 N–H and O–H groups in total. The first-order valence-electron chi connectivity index (χ1n) is 12.4. The van der Waals surface area contributed by atoms with Crippen LogP contribution in [-0.2, 0) is 4.74 Å². The molecule has 0 spiro atoms. The zero-order valence-corrected chi connectivity index (χ0v) is 25.7. The van der Waals surface area contributed by atoms with E-state index in [0.717, 1.165) is 40.2 Å². The smallest absolute Gasteiger partial charge is 0.346 e. The molecule has 0 amide bonds. The molecule has 37 heavy (non-hydrogen) atoms. The van der Waals surface area contributed by atoms with Crippen LogP contribution in [0.15, 0.2) is 48.5 Å². The van der Waals surface area contributed by atoms with E-state index in [9.17, 15) is 9.18 Å². The first-order valence-corrected chi connectivity index (χ1v) is 16.2. The van der Waals surface area contributed by atoms with E-state index in [-0.39, 0.29) is 13.7 Å². The van der Waals surface area contributed by atoms with Gasteiger partial charge in [-0.2, -0.15) is 0 Å². The second-order valence-corrected chi connectivity index (χ2v) is 12.6. The fourth-order valence-electron chi connectivity index (χ4n) is 3.45. The summed E-state index contributed by atoms with van der Waals surface area (Å²) < 4.78 is 17.9. The molecular weight excluding hydrogens is 549 g/mol. The maximum absolute atomic E-state index is 12.7. The summed E-state index contributed by atoms with van der Waals surface area (Å²) in [6.45, 7) is 14.4. The Balaban J connectivity index is 0.000000284. The molecule has 0 bridgehead atoms. The molecule has 204 valence electrons. The molecule has 3 aromatic rings. The van der Waals surface area contributed by atoms with Crippen LogP contribution >= 0.6 is 42.5 Å². The maximum atomic E-state index is 12.7. The highest BCUT2D eigenvalue weighted by molar-refractivity contribution is 7.64. The van der Waals surface area contributed by atoms with Gasteiger partial charge in [-0.25, -0.2) is 9.18 Å². The van der Waals surface area contributed by atoms with Gasteiger partial charge in [0.25, 0.3) is 0 Å². The highest BCUT2D eigenvalue weighted by atomic mass is 35.5. The van der Waals surface area contributed by atoms with Crippen molar-refractivity contribution in [3.8, 4) is 10.4 Å². The van der Waals surface area contributed by atoms with Crippen LogP contribution in [-0.4, -0.2) is 37.6 Å². The number of carboxylic acids is 1. The molecule has 1 aliphatic heterocycles. The molecule has 8 heteroatoms. The van der Waals surface area contributed by atoms with E-state index < -0.39 is 5.97 Å². The van der Waals surface area contributed by atoms with Crippen molar-refractivity contribution in [2.24, 2.45) is 5.92 Å². The van der Waals surface area contributed by atoms with E-state index in [4.69, 9.17) is 33.0 Å². The van der Waals surface area contributed by atoms with Gasteiger partial charge in [0.1, 0.15) is 10.7 Å². The number of carbonyl (C=O) groups is 1. The third kappa shape index (κ3) is 11.8. The number of hydrogen-bond acceptors (Lipinski definition) is 3. The van der Waals surface area contributed by atoms with Crippen LogP contribution in [0.4, 0.5) is 4.39 Å². The molecule has 1 aliphatic rings. The van der Waals surface area contributed by atoms with Crippen LogP contribution in [0, 0.1) is 18.7 Å². The average molecular weight is 588 g/mol. The van der Waals surface area contributed by atoms with Crippen molar-refractivity contribution in [2.75, 3.05) is 26.5 Å². The number of aryl methyl sites for hydroxylation is 1. The van der Waals surface area contributed by atoms with Crippen molar-refractivity contribution in [2.45, 2.75) is 47.0 Å². The summed E-state index contributed by atoms with van der Waals surface area (Å²) in [6.07, 6.45) is 3.91. The second-order valence-electron chi connectivity index (χ2n) is 8.39. The van der Waals surface area contributed by atoms with Crippen LogP contribution in [0.3, 0.4) is 0 Å². The van der Waals surface area contributed by atoms with Crippen LogP contribution in [0.5, 0.6) is 0 Å². The minimum absolute atomic E-state index is 0.119. The Hall–Kier alpha value is -1.49. The molecule has 1 aromatic heterocycles. The Bertz CT molecular complexity index is 1080. The summed E-state index contributed by atoms with van der Waals surface area (Å²) in [5, 5.41) is 11.6. The topological polar surface area (TPSA) is 46.5 Å². The summed E-state index contributed by atoms with van der Waals surface area (Å²) in [6, 6.07) is 13.5. The van der Waals surface area contributed by atoms with Crippen molar-refractivity contribution in [3.05, 3.63) is 74.8 Å². The first kappa shape index (κ1) is 33.5. The van der Waals surface area contributed by atoms with Gasteiger partial charge in [0, 0.05) is 28.1 Å². The lowest BCUT2D eigenvalue weighted by Gasteiger charge is -2.19. The molecule has 0 radical (unpaired) electrons. The molecule has 0 atom stereocenters. The zero-order valence-electron chi connectivity index (χ0n) is 22.5. The molecule has 3 nitrogen and oxygen atoms in total. The van der Waals surface area contributed by atoms with Gasteiger partial charge in [-0.3, -0.25) is 0 Å². The van der Waals surface area contributed by atoms with Crippen molar-refractivity contribution in [1.29, 1.82) is 0 Å². The van der Waals surface area contributed by atoms with Gasteiger partial charge in [-0.05, 0) is 85.8 Å². The summed E-state index contributed by atoms with van der Waals surface area (Å²) in [5.74, 6) is -0.255. The summed E-state index contributed by atoms with van der Waals surface area (Å²) in [4.78, 5) is 12.0. The van der Waals surface area contributed by atoms with Crippen molar-refractivity contribution in [3.63, 3.8) is 0 Å². The van der Waals surface area contributed by atoms with E-state index >= 15 is 0 Å². The Morgan fingerprint density at radius 3 is 2.11 bits per heavy atom. The summed E-state index contributed by atoms with van der Waals surface area (Å²) in [5.41, 5.74) is 1.57. The summed E-state index contributed by atoms with van der Waals surface area (Å²) in [7, 11) is -0.119. The highest BCUT2D eigenvalue weighted by Gasteiger charge is 2.13. The lowest BCUT2D eigenvalue weighted by atomic mass is 9.98. The van der Waals surface area contributed by atoms with Gasteiger partial charge in [0.2, 0.25) is 0 Å². The Morgan fingerprint density at radius 2 is 1.68 bits per heavy atom. The van der Waals surface area contributed by atoms with Crippen molar-refractivity contribution >= 4 is 53.7 Å². The van der Waals surface area contributed by atoms with Crippen LogP contribution in [0.1, 0.15) is 55.3 Å². The number of thiophene rings is 1. The van der Waals surface area contributed by atoms with E-state index in [1.54, 1.807) is 31.2 Å².